The molecule has 0 fully saturated rings. The van der Waals surface area contributed by atoms with Gasteiger partial charge in [-0.25, -0.2) is 4.98 Å². The third-order valence-electron chi connectivity index (χ3n) is 2.25. The third kappa shape index (κ3) is 2.57. The Hall–Kier alpha value is -2.44. The monoisotopic (exact) mass is 233 g/mol. The summed E-state index contributed by atoms with van der Waals surface area (Å²) < 4.78 is 1.65. The molecule has 17 heavy (non-hydrogen) atoms. The minimum atomic E-state index is -0.515. The molecule has 0 aliphatic heterocycles. The molecule has 2 aromatic heterocycles. The smallest absolute Gasteiger partial charge is 0.373 e. The molecule has 7 heteroatoms. The highest BCUT2D eigenvalue weighted by molar-refractivity contribution is 5.34. The molecule has 2 rings (SSSR count). The van der Waals surface area contributed by atoms with E-state index < -0.39 is 4.92 Å². The lowest BCUT2D eigenvalue weighted by Gasteiger charge is -2.02. The Balaban J connectivity index is 2.11. The van der Waals surface area contributed by atoms with Gasteiger partial charge in [-0.1, -0.05) is 6.07 Å². The summed E-state index contributed by atoms with van der Waals surface area (Å²) in [5, 5.41) is 13.4. The van der Waals surface area contributed by atoms with Gasteiger partial charge in [0.25, 0.3) is 0 Å². The molecule has 0 amide bonds. The fraction of sp³-hybridized carbons (Fsp3) is 0.200. The second-order valence-corrected chi connectivity index (χ2v) is 3.46. The SMILES string of the molecule is CNc1ccc(Cn2cnc([N+](=O)[O-])c2)cn1. The van der Waals surface area contributed by atoms with Crippen LogP contribution < -0.4 is 5.32 Å². The van der Waals surface area contributed by atoms with Crippen LogP contribution in [0.3, 0.4) is 0 Å². The average Bonchev–Trinajstić information content (AvgIpc) is 2.79. The number of imidazole rings is 1. The molecular formula is C10H11N5O2. The number of nitrogens with zero attached hydrogens (tertiary/aromatic N) is 4. The standard InChI is InChI=1S/C10H11N5O2/c1-11-9-3-2-8(4-12-9)5-14-6-10(13-7-14)15(16)17/h2-4,6-7H,5H2,1H3,(H,11,12). The molecule has 0 saturated heterocycles. The Morgan fingerprint density at radius 3 is 2.82 bits per heavy atom. The Morgan fingerprint density at radius 2 is 2.29 bits per heavy atom. The Kier molecular flexibility index (Phi) is 2.99. The highest BCUT2D eigenvalue weighted by Gasteiger charge is 2.09. The average molecular weight is 233 g/mol. The summed E-state index contributed by atoms with van der Waals surface area (Å²) in [4.78, 5) is 17.8. The summed E-state index contributed by atoms with van der Waals surface area (Å²) in [5.41, 5.74) is 0.955. The van der Waals surface area contributed by atoms with Gasteiger partial charge in [-0.15, -0.1) is 0 Å². The van der Waals surface area contributed by atoms with E-state index in [1.165, 1.54) is 12.5 Å². The predicted molar refractivity (Wildman–Crippen MR) is 61.8 cm³/mol. The molecule has 0 aliphatic carbocycles. The Bertz CT molecular complexity index is 520. The zero-order valence-electron chi connectivity index (χ0n) is 9.20. The number of aromatic nitrogens is 3. The van der Waals surface area contributed by atoms with Crippen molar-refractivity contribution in [3.8, 4) is 0 Å². The van der Waals surface area contributed by atoms with Crippen LogP contribution in [0.1, 0.15) is 5.56 Å². The summed E-state index contributed by atoms with van der Waals surface area (Å²) in [6, 6.07) is 3.76. The number of nitro groups is 1. The zero-order valence-corrected chi connectivity index (χ0v) is 9.20. The number of nitrogens with one attached hydrogen (secondary N) is 1. The van der Waals surface area contributed by atoms with E-state index in [9.17, 15) is 10.1 Å². The van der Waals surface area contributed by atoms with E-state index in [-0.39, 0.29) is 5.82 Å². The molecule has 0 spiro atoms. The number of hydrogen-bond acceptors (Lipinski definition) is 5. The number of pyridine rings is 1. The van der Waals surface area contributed by atoms with Crippen LogP contribution in [0, 0.1) is 10.1 Å². The summed E-state index contributed by atoms with van der Waals surface area (Å²) >= 11 is 0. The van der Waals surface area contributed by atoms with Gasteiger partial charge < -0.3 is 20.0 Å². The molecule has 1 N–H and O–H groups in total. The second-order valence-electron chi connectivity index (χ2n) is 3.46. The number of hydrogen-bond donors (Lipinski definition) is 1. The normalized spacial score (nSPS) is 10.2. The summed E-state index contributed by atoms with van der Waals surface area (Å²) in [6.45, 7) is 0.512. The van der Waals surface area contributed by atoms with E-state index in [2.05, 4.69) is 15.3 Å². The molecule has 7 nitrogen and oxygen atoms in total. The van der Waals surface area contributed by atoms with Crippen molar-refractivity contribution in [3.05, 3.63) is 46.5 Å². The summed E-state index contributed by atoms with van der Waals surface area (Å²) in [5.74, 6) is 0.634. The predicted octanol–water partition coefficient (Wildman–Crippen LogP) is 1.28. The van der Waals surface area contributed by atoms with E-state index >= 15 is 0 Å². The molecule has 0 aliphatic rings. The highest BCUT2D eigenvalue weighted by atomic mass is 16.6. The Morgan fingerprint density at radius 1 is 1.47 bits per heavy atom. The lowest BCUT2D eigenvalue weighted by Crippen LogP contribution is -1.98. The van der Waals surface area contributed by atoms with Gasteiger partial charge in [-0.2, -0.15) is 0 Å². The van der Waals surface area contributed by atoms with E-state index in [1.807, 2.05) is 12.1 Å². The molecule has 0 atom stereocenters. The molecule has 2 aromatic rings. The first-order valence-electron chi connectivity index (χ1n) is 4.98. The maximum atomic E-state index is 10.5. The van der Waals surface area contributed by atoms with E-state index in [0.29, 0.717) is 6.54 Å². The second kappa shape index (κ2) is 4.60. The van der Waals surface area contributed by atoms with Gasteiger partial charge in [0.15, 0.2) is 0 Å². The van der Waals surface area contributed by atoms with Gasteiger partial charge in [0.2, 0.25) is 6.33 Å². The minimum Gasteiger partial charge on any atom is -0.373 e. The van der Waals surface area contributed by atoms with Crippen molar-refractivity contribution in [1.82, 2.24) is 14.5 Å². The molecule has 0 bridgehead atoms. The van der Waals surface area contributed by atoms with Gasteiger partial charge in [0.05, 0.1) is 6.54 Å². The van der Waals surface area contributed by atoms with Crippen molar-refractivity contribution in [3.63, 3.8) is 0 Å². The van der Waals surface area contributed by atoms with Crippen molar-refractivity contribution in [2.45, 2.75) is 6.54 Å². The van der Waals surface area contributed by atoms with E-state index in [1.54, 1.807) is 17.8 Å². The van der Waals surface area contributed by atoms with Gasteiger partial charge >= 0.3 is 5.82 Å². The Labute approximate surface area is 97.3 Å². The summed E-state index contributed by atoms with van der Waals surface area (Å²) in [6.07, 6.45) is 4.55. The highest BCUT2D eigenvalue weighted by Crippen LogP contribution is 2.09. The van der Waals surface area contributed by atoms with Crippen molar-refractivity contribution < 1.29 is 4.92 Å². The lowest BCUT2D eigenvalue weighted by atomic mass is 10.3. The maximum Gasteiger partial charge on any atom is 0.381 e. The molecular weight excluding hydrogens is 222 g/mol. The van der Waals surface area contributed by atoms with Crippen LogP contribution in [0.2, 0.25) is 0 Å². The minimum absolute atomic E-state index is 0.148. The molecule has 0 radical (unpaired) electrons. The number of rotatable bonds is 4. The molecule has 0 unspecified atom stereocenters. The first-order chi connectivity index (χ1) is 8.19. The third-order valence-corrected chi connectivity index (χ3v) is 2.25. The van der Waals surface area contributed by atoms with Crippen molar-refractivity contribution >= 4 is 11.6 Å². The largest absolute Gasteiger partial charge is 0.381 e. The molecule has 0 aromatic carbocycles. The molecule has 0 saturated carbocycles. The van der Waals surface area contributed by atoms with E-state index in [4.69, 9.17) is 0 Å². The van der Waals surface area contributed by atoms with Gasteiger partial charge in [0.1, 0.15) is 12.0 Å². The lowest BCUT2D eigenvalue weighted by molar-refractivity contribution is -0.389. The van der Waals surface area contributed by atoms with Crippen LogP contribution in [0.15, 0.2) is 30.9 Å². The van der Waals surface area contributed by atoms with E-state index in [0.717, 1.165) is 11.4 Å². The van der Waals surface area contributed by atoms with Crippen LogP contribution in [0.5, 0.6) is 0 Å². The van der Waals surface area contributed by atoms with Gasteiger partial charge in [0, 0.05) is 13.2 Å². The topological polar surface area (TPSA) is 85.9 Å². The number of anilines is 1. The fourth-order valence-corrected chi connectivity index (χ4v) is 1.41. The zero-order chi connectivity index (χ0) is 12.3. The van der Waals surface area contributed by atoms with Crippen molar-refractivity contribution in [1.29, 1.82) is 0 Å². The maximum absolute atomic E-state index is 10.5. The summed E-state index contributed by atoms with van der Waals surface area (Å²) in [7, 11) is 1.79. The van der Waals surface area contributed by atoms with Crippen LogP contribution in [-0.4, -0.2) is 26.5 Å². The van der Waals surface area contributed by atoms with Crippen LogP contribution in [0.25, 0.3) is 0 Å². The molecule has 88 valence electrons. The van der Waals surface area contributed by atoms with Gasteiger partial charge in [-0.3, -0.25) is 0 Å². The van der Waals surface area contributed by atoms with Crippen LogP contribution in [0.4, 0.5) is 11.6 Å². The first-order valence-corrected chi connectivity index (χ1v) is 4.98. The van der Waals surface area contributed by atoms with Crippen molar-refractivity contribution in [2.75, 3.05) is 12.4 Å². The molecule has 2 heterocycles. The van der Waals surface area contributed by atoms with Crippen LogP contribution >= 0.6 is 0 Å². The quantitative estimate of drug-likeness (QED) is 0.635. The van der Waals surface area contributed by atoms with Crippen molar-refractivity contribution in [2.24, 2.45) is 0 Å². The fourth-order valence-electron chi connectivity index (χ4n) is 1.41. The van der Waals surface area contributed by atoms with Gasteiger partial charge in [-0.05, 0) is 21.5 Å². The first kappa shape index (κ1) is 11.1. The van der Waals surface area contributed by atoms with Crippen LogP contribution in [-0.2, 0) is 6.54 Å².